The first-order valence-electron chi connectivity index (χ1n) is 12.9. The average molecular weight is 577 g/mol. The van der Waals surface area contributed by atoms with E-state index in [1.54, 1.807) is 61.7 Å². The first kappa shape index (κ1) is 27.8. The van der Waals surface area contributed by atoms with Crippen LogP contribution in [0.5, 0.6) is 11.5 Å². The number of carbonyl (C=O) groups is 3. The Morgan fingerprint density at radius 3 is 2.54 bits per heavy atom. The van der Waals surface area contributed by atoms with Crippen LogP contribution in [0.25, 0.3) is 11.4 Å². The minimum absolute atomic E-state index is 0.111. The van der Waals surface area contributed by atoms with E-state index in [2.05, 4.69) is 9.97 Å². The number of aromatic nitrogens is 3. The Labute approximate surface area is 239 Å². The number of aryl methyl sites for hydroxylation is 2. The highest BCUT2D eigenvalue weighted by molar-refractivity contribution is 7.17. The van der Waals surface area contributed by atoms with Crippen molar-refractivity contribution in [3.63, 3.8) is 0 Å². The predicted octanol–water partition coefficient (Wildman–Crippen LogP) is 4.62. The Bertz CT molecular complexity index is 1720. The number of hydrogen-bond donors (Lipinski definition) is 1. The fourth-order valence-electron chi connectivity index (χ4n) is 4.87. The van der Waals surface area contributed by atoms with Gasteiger partial charge in [-0.3, -0.25) is 18.9 Å². The number of aliphatic hydroxyl groups is 1. The Hall–Kier alpha value is -4.71. The second-order valence-electron chi connectivity index (χ2n) is 9.12. The number of ether oxygens (including phenoxy) is 3. The van der Waals surface area contributed by atoms with E-state index in [1.165, 1.54) is 12.0 Å². The van der Waals surface area contributed by atoms with E-state index in [0.29, 0.717) is 40.7 Å². The molecule has 3 aromatic heterocycles. The quantitative estimate of drug-likeness (QED) is 0.138. The zero-order chi connectivity index (χ0) is 29.4. The van der Waals surface area contributed by atoms with E-state index < -0.39 is 29.5 Å². The van der Waals surface area contributed by atoms with Crippen LogP contribution >= 0.6 is 11.3 Å². The van der Waals surface area contributed by atoms with Gasteiger partial charge in [0.1, 0.15) is 16.2 Å². The van der Waals surface area contributed by atoms with Gasteiger partial charge in [-0.15, -0.1) is 0 Å². The molecule has 0 bridgehead atoms. The summed E-state index contributed by atoms with van der Waals surface area (Å²) in [5, 5.41) is 11.8. The highest BCUT2D eigenvalue weighted by Crippen LogP contribution is 2.45. The lowest BCUT2D eigenvalue weighted by Gasteiger charge is -2.24. The van der Waals surface area contributed by atoms with Gasteiger partial charge < -0.3 is 19.3 Å². The molecule has 1 amide bonds. The number of anilines is 1. The van der Waals surface area contributed by atoms with Crippen LogP contribution in [0.1, 0.15) is 52.2 Å². The van der Waals surface area contributed by atoms with E-state index in [0.717, 1.165) is 11.3 Å². The summed E-state index contributed by atoms with van der Waals surface area (Å²) in [6, 6.07) is 9.26. The minimum Gasteiger partial charge on any atom is -0.505 e. The van der Waals surface area contributed by atoms with Crippen LogP contribution in [0.15, 0.2) is 48.2 Å². The van der Waals surface area contributed by atoms with Crippen molar-refractivity contribution in [1.29, 1.82) is 0 Å². The third kappa shape index (κ3) is 4.69. The van der Waals surface area contributed by atoms with Gasteiger partial charge in [-0.25, -0.2) is 14.8 Å². The third-order valence-corrected chi connectivity index (χ3v) is 7.77. The van der Waals surface area contributed by atoms with Crippen molar-refractivity contribution >= 4 is 45.5 Å². The molecule has 1 saturated heterocycles. The Kier molecular flexibility index (Phi) is 7.50. The van der Waals surface area contributed by atoms with Crippen LogP contribution in [0.2, 0.25) is 0 Å². The summed E-state index contributed by atoms with van der Waals surface area (Å²) in [5.74, 6) is -1.92. The molecule has 4 aromatic rings. The molecule has 212 valence electrons. The van der Waals surface area contributed by atoms with Crippen molar-refractivity contribution < 1.29 is 33.7 Å². The van der Waals surface area contributed by atoms with Gasteiger partial charge in [0.25, 0.3) is 5.78 Å². The number of esters is 1. The molecule has 11 nitrogen and oxygen atoms in total. The van der Waals surface area contributed by atoms with Gasteiger partial charge in [0.15, 0.2) is 22.4 Å². The first-order valence-corrected chi connectivity index (χ1v) is 13.7. The molecule has 12 heteroatoms. The molecule has 1 unspecified atom stereocenters. The number of methoxy groups -OCH3 is 1. The van der Waals surface area contributed by atoms with E-state index >= 15 is 0 Å². The van der Waals surface area contributed by atoms with Gasteiger partial charge in [0.2, 0.25) is 0 Å². The van der Waals surface area contributed by atoms with Crippen molar-refractivity contribution in [3.8, 4) is 11.5 Å². The van der Waals surface area contributed by atoms with E-state index in [1.807, 2.05) is 13.0 Å². The molecule has 1 aromatic carbocycles. The first-order chi connectivity index (χ1) is 19.7. The highest BCUT2D eigenvalue weighted by atomic mass is 32.1. The third-order valence-electron chi connectivity index (χ3n) is 6.63. The number of fused-ring (bicyclic) bond motifs is 1. The molecule has 1 atom stereocenters. The number of hydrogen-bond acceptors (Lipinski definition) is 10. The molecular formula is C29H28N4O7S. The maximum Gasteiger partial charge on any atom is 0.350 e. The van der Waals surface area contributed by atoms with E-state index in [4.69, 9.17) is 14.2 Å². The number of imidazole rings is 1. The molecule has 0 radical (unpaired) electrons. The summed E-state index contributed by atoms with van der Waals surface area (Å²) in [4.78, 5) is 50.3. The summed E-state index contributed by atoms with van der Waals surface area (Å²) in [5.41, 5.74) is 1.98. The van der Waals surface area contributed by atoms with Gasteiger partial charge in [-0.1, -0.05) is 23.5 Å². The molecule has 0 aliphatic carbocycles. The molecule has 1 aliphatic rings. The fourth-order valence-corrected chi connectivity index (χ4v) is 5.86. The fraction of sp³-hybridized carbons (Fsp3) is 0.276. The Balaban J connectivity index is 1.76. The largest absolute Gasteiger partial charge is 0.505 e. The molecule has 5 rings (SSSR count). The number of carbonyl (C=O) groups excluding carboxylic acids is 3. The maximum atomic E-state index is 13.7. The molecule has 0 saturated carbocycles. The number of pyridine rings is 1. The highest BCUT2D eigenvalue weighted by Gasteiger charge is 2.49. The van der Waals surface area contributed by atoms with Crippen molar-refractivity contribution in [3.05, 3.63) is 75.7 Å². The predicted molar refractivity (Wildman–Crippen MR) is 152 cm³/mol. The Morgan fingerprint density at radius 1 is 1.05 bits per heavy atom. The van der Waals surface area contributed by atoms with Crippen LogP contribution in [0.3, 0.4) is 0 Å². The van der Waals surface area contributed by atoms with Gasteiger partial charge in [-0.05, 0) is 57.5 Å². The zero-order valence-electron chi connectivity index (χ0n) is 23.1. The molecule has 4 heterocycles. The summed E-state index contributed by atoms with van der Waals surface area (Å²) in [6.45, 7) is 7.43. The smallest absolute Gasteiger partial charge is 0.350 e. The minimum atomic E-state index is -1.10. The molecule has 41 heavy (non-hydrogen) atoms. The van der Waals surface area contributed by atoms with Crippen molar-refractivity contribution in [2.45, 2.75) is 33.7 Å². The van der Waals surface area contributed by atoms with Gasteiger partial charge in [0, 0.05) is 6.20 Å². The number of benzene rings is 1. The Morgan fingerprint density at radius 2 is 1.83 bits per heavy atom. The monoisotopic (exact) mass is 576 g/mol. The number of rotatable bonds is 8. The number of aliphatic hydroxyl groups excluding tert-OH is 1. The maximum absolute atomic E-state index is 13.7. The van der Waals surface area contributed by atoms with Crippen molar-refractivity contribution in [2.75, 3.05) is 25.2 Å². The van der Waals surface area contributed by atoms with Crippen LogP contribution in [0.4, 0.5) is 5.13 Å². The van der Waals surface area contributed by atoms with Crippen LogP contribution in [0, 0.1) is 13.8 Å². The van der Waals surface area contributed by atoms with Crippen LogP contribution in [-0.4, -0.2) is 57.5 Å². The lowest BCUT2D eigenvalue weighted by Crippen LogP contribution is -2.29. The van der Waals surface area contributed by atoms with Gasteiger partial charge in [0.05, 0.1) is 43.3 Å². The van der Waals surface area contributed by atoms with E-state index in [9.17, 15) is 19.5 Å². The van der Waals surface area contributed by atoms with Crippen LogP contribution < -0.4 is 14.4 Å². The number of Topliss-reactive ketones (excluding diaryl/α,β-unsaturated/α-hetero) is 1. The van der Waals surface area contributed by atoms with Gasteiger partial charge in [-0.2, -0.15) is 0 Å². The lowest BCUT2D eigenvalue weighted by atomic mass is 9.96. The summed E-state index contributed by atoms with van der Waals surface area (Å²) in [6.07, 6.45) is 1.71. The number of nitrogens with zero attached hydrogens (tertiary/aromatic N) is 4. The lowest BCUT2D eigenvalue weighted by molar-refractivity contribution is -0.132. The summed E-state index contributed by atoms with van der Waals surface area (Å²) >= 11 is 0.937. The second-order valence-corrected chi connectivity index (χ2v) is 10.1. The topological polar surface area (TPSA) is 133 Å². The van der Waals surface area contributed by atoms with Crippen LogP contribution in [-0.2, 0) is 14.3 Å². The standard InChI is InChI=1S/C29H28N4O7S/c1-6-39-18-12-11-17(14-19(18)38-5)23-21(24(34)22-15(3)30-20-10-8-9-13-32(20)22)25(35)27(36)33(23)29-31-16(4)26(41-29)28(37)40-7-2/h8-14,23,34H,6-7H2,1-5H3. The summed E-state index contributed by atoms with van der Waals surface area (Å²) < 4.78 is 18.0. The second kappa shape index (κ2) is 11.0. The van der Waals surface area contributed by atoms with Crippen molar-refractivity contribution in [2.24, 2.45) is 0 Å². The normalized spacial score (nSPS) is 16.4. The zero-order valence-corrected chi connectivity index (χ0v) is 23.9. The summed E-state index contributed by atoms with van der Waals surface area (Å²) in [7, 11) is 1.48. The SMILES string of the molecule is CCOC(=O)c1sc(N2C(=O)C(=O)C(=C(O)c3c(C)nc4ccccn34)C2c2ccc(OCC)c(OC)c2)nc1C. The molecule has 1 N–H and O–H groups in total. The molecule has 1 aliphatic heterocycles. The molecular weight excluding hydrogens is 548 g/mol. The average Bonchev–Trinajstić information content (AvgIpc) is 3.59. The van der Waals surface area contributed by atoms with E-state index in [-0.39, 0.29) is 27.9 Å². The van der Waals surface area contributed by atoms with Crippen molar-refractivity contribution in [1.82, 2.24) is 14.4 Å². The number of ketones is 1. The molecule has 0 spiro atoms. The molecule has 1 fully saturated rings. The van der Waals surface area contributed by atoms with Gasteiger partial charge >= 0.3 is 11.9 Å². The number of thiazole rings is 1. The number of amides is 1.